The molecule has 122 valence electrons. The number of amides is 1. The Kier molecular flexibility index (Phi) is 5.01. The van der Waals surface area contributed by atoms with E-state index in [0.29, 0.717) is 18.1 Å². The highest BCUT2D eigenvalue weighted by atomic mass is 16.5. The molecule has 0 aliphatic heterocycles. The fraction of sp³-hybridized carbons (Fsp3) is 0.211. The van der Waals surface area contributed by atoms with E-state index in [1.807, 2.05) is 54.6 Å². The van der Waals surface area contributed by atoms with Crippen LogP contribution in [0.4, 0.5) is 5.69 Å². The van der Waals surface area contributed by atoms with Crippen molar-refractivity contribution in [2.45, 2.75) is 26.2 Å². The van der Waals surface area contributed by atoms with Gasteiger partial charge in [0, 0.05) is 23.2 Å². The third-order valence-corrected chi connectivity index (χ3v) is 3.61. The summed E-state index contributed by atoms with van der Waals surface area (Å²) in [5.74, 6) is 0.992. The smallest absolute Gasteiger partial charge is 0.258 e. The first-order valence-corrected chi connectivity index (χ1v) is 8.05. The van der Waals surface area contributed by atoms with Crippen LogP contribution in [0.2, 0.25) is 0 Å². The first-order valence-electron chi connectivity index (χ1n) is 8.05. The van der Waals surface area contributed by atoms with Gasteiger partial charge in [0.15, 0.2) is 0 Å². The summed E-state index contributed by atoms with van der Waals surface area (Å²) in [6.07, 6.45) is 2.41. The number of nitrogens with one attached hydrogen (secondary N) is 1. The molecular formula is C19H19N3O2. The van der Waals surface area contributed by atoms with Crippen molar-refractivity contribution in [2.24, 2.45) is 0 Å². The van der Waals surface area contributed by atoms with Crippen LogP contribution in [-0.4, -0.2) is 16.0 Å². The number of aromatic nitrogens is 2. The average Bonchev–Trinajstić information content (AvgIpc) is 3.11. The highest BCUT2D eigenvalue weighted by Gasteiger charge is 2.11. The number of benzene rings is 2. The van der Waals surface area contributed by atoms with Crippen molar-refractivity contribution in [1.29, 1.82) is 0 Å². The number of carbonyl (C=O) groups is 1. The predicted octanol–water partition coefficient (Wildman–Crippen LogP) is 4.53. The van der Waals surface area contributed by atoms with Gasteiger partial charge in [-0.1, -0.05) is 54.9 Å². The maximum absolute atomic E-state index is 11.8. The Labute approximate surface area is 140 Å². The van der Waals surface area contributed by atoms with Gasteiger partial charge >= 0.3 is 0 Å². The van der Waals surface area contributed by atoms with Gasteiger partial charge in [0.1, 0.15) is 0 Å². The molecule has 3 aromatic rings. The molecule has 0 saturated heterocycles. The average molecular weight is 321 g/mol. The zero-order chi connectivity index (χ0) is 16.8. The molecule has 2 aromatic carbocycles. The molecule has 5 heteroatoms. The zero-order valence-corrected chi connectivity index (χ0v) is 13.5. The predicted molar refractivity (Wildman–Crippen MR) is 93.3 cm³/mol. The summed E-state index contributed by atoms with van der Waals surface area (Å²) in [5.41, 5.74) is 2.41. The molecule has 3 rings (SSSR count). The normalized spacial score (nSPS) is 10.5. The molecule has 1 aromatic heterocycles. The molecule has 0 unspecified atom stereocenters. The molecule has 1 N–H and O–H groups in total. The second-order valence-corrected chi connectivity index (χ2v) is 5.52. The van der Waals surface area contributed by atoms with Gasteiger partial charge in [0.25, 0.3) is 5.89 Å². The Hall–Kier alpha value is -2.95. The fourth-order valence-corrected chi connectivity index (χ4v) is 2.34. The molecule has 24 heavy (non-hydrogen) atoms. The summed E-state index contributed by atoms with van der Waals surface area (Å²) in [6, 6.07) is 17.1. The van der Waals surface area contributed by atoms with E-state index in [2.05, 4.69) is 22.4 Å². The van der Waals surface area contributed by atoms with E-state index in [1.54, 1.807) is 0 Å². The third kappa shape index (κ3) is 3.87. The van der Waals surface area contributed by atoms with Crippen molar-refractivity contribution in [3.8, 4) is 22.8 Å². The van der Waals surface area contributed by atoms with Gasteiger partial charge in [-0.25, -0.2) is 0 Å². The minimum absolute atomic E-state index is 0.0181. The Bertz CT molecular complexity index is 812. The van der Waals surface area contributed by atoms with Crippen LogP contribution in [0.5, 0.6) is 0 Å². The van der Waals surface area contributed by atoms with Gasteiger partial charge in [-0.3, -0.25) is 4.79 Å². The summed E-state index contributed by atoms with van der Waals surface area (Å²) in [5, 5.41) is 6.92. The molecule has 0 spiro atoms. The van der Waals surface area contributed by atoms with Crippen LogP contribution in [0.15, 0.2) is 59.1 Å². The van der Waals surface area contributed by atoms with Crippen LogP contribution < -0.4 is 5.32 Å². The lowest BCUT2D eigenvalue weighted by Gasteiger charge is -2.05. The van der Waals surface area contributed by atoms with Crippen LogP contribution in [0.3, 0.4) is 0 Å². The van der Waals surface area contributed by atoms with Crippen molar-refractivity contribution in [2.75, 3.05) is 5.32 Å². The van der Waals surface area contributed by atoms with Crippen LogP contribution in [-0.2, 0) is 4.79 Å². The molecule has 0 aliphatic rings. The van der Waals surface area contributed by atoms with Gasteiger partial charge < -0.3 is 9.84 Å². The standard InChI is InChI=1S/C19H19N3O2/c1-2-3-12-17(23)20-16-11-7-10-15(13-16)19-21-18(22-24-19)14-8-5-4-6-9-14/h4-11,13H,2-3,12H2,1H3,(H,20,23). The number of anilines is 1. The van der Waals surface area contributed by atoms with Crippen molar-refractivity contribution < 1.29 is 9.32 Å². The van der Waals surface area contributed by atoms with Gasteiger partial charge in [-0.05, 0) is 24.6 Å². The zero-order valence-electron chi connectivity index (χ0n) is 13.5. The Balaban J connectivity index is 1.77. The van der Waals surface area contributed by atoms with E-state index in [0.717, 1.165) is 29.7 Å². The molecular weight excluding hydrogens is 302 g/mol. The number of nitrogens with zero attached hydrogens (tertiary/aromatic N) is 2. The first kappa shape index (κ1) is 15.9. The summed E-state index contributed by atoms with van der Waals surface area (Å²) in [7, 11) is 0. The third-order valence-electron chi connectivity index (χ3n) is 3.61. The van der Waals surface area contributed by atoms with Gasteiger partial charge in [0.05, 0.1) is 0 Å². The molecule has 0 atom stereocenters. The van der Waals surface area contributed by atoms with E-state index in [4.69, 9.17) is 4.52 Å². The lowest BCUT2D eigenvalue weighted by atomic mass is 10.2. The minimum atomic E-state index is 0.0181. The highest BCUT2D eigenvalue weighted by molar-refractivity contribution is 5.91. The van der Waals surface area contributed by atoms with Crippen molar-refractivity contribution in [1.82, 2.24) is 10.1 Å². The Morgan fingerprint density at radius 3 is 2.67 bits per heavy atom. The van der Waals surface area contributed by atoms with Crippen molar-refractivity contribution >= 4 is 11.6 Å². The highest BCUT2D eigenvalue weighted by Crippen LogP contribution is 2.24. The second-order valence-electron chi connectivity index (χ2n) is 5.52. The fourth-order valence-electron chi connectivity index (χ4n) is 2.34. The number of rotatable bonds is 6. The molecule has 0 saturated carbocycles. The van der Waals surface area contributed by atoms with Crippen LogP contribution in [0, 0.1) is 0 Å². The van der Waals surface area contributed by atoms with Crippen LogP contribution in [0.25, 0.3) is 22.8 Å². The lowest BCUT2D eigenvalue weighted by Crippen LogP contribution is -2.10. The van der Waals surface area contributed by atoms with E-state index in [-0.39, 0.29) is 5.91 Å². The van der Waals surface area contributed by atoms with Gasteiger partial charge in [0.2, 0.25) is 11.7 Å². The van der Waals surface area contributed by atoms with E-state index in [9.17, 15) is 4.79 Å². The van der Waals surface area contributed by atoms with Gasteiger partial charge in [-0.2, -0.15) is 4.98 Å². The van der Waals surface area contributed by atoms with E-state index >= 15 is 0 Å². The molecule has 0 bridgehead atoms. The number of hydrogen-bond donors (Lipinski definition) is 1. The van der Waals surface area contributed by atoms with Crippen molar-refractivity contribution in [3.05, 3.63) is 54.6 Å². The summed E-state index contributed by atoms with van der Waals surface area (Å²) < 4.78 is 5.36. The van der Waals surface area contributed by atoms with Crippen LogP contribution in [0.1, 0.15) is 26.2 Å². The minimum Gasteiger partial charge on any atom is -0.334 e. The van der Waals surface area contributed by atoms with Crippen molar-refractivity contribution in [3.63, 3.8) is 0 Å². The quantitative estimate of drug-likeness (QED) is 0.724. The summed E-state index contributed by atoms with van der Waals surface area (Å²) in [4.78, 5) is 16.3. The first-order chi connectivity index (χ1) is 11.8. The number of hydrogen-bond acceptors (Lipinski definition) is 4. The number of unbranched alkanes of at least 4 members (excludes halogenated alkanes) is 1. The summed E-state index contributed by atoms with van der Waals surface area (Å²) in [6.45, 7) is 2.06. The molecule has 0 fully saturated rings. The molecule has 0 aliphatic carbocycles. The second kappa shape index (κ2) is 7.55. The summed E-state index contributed by atoms with van der Waals surface area (Å²) >= 11 is 0. The SMILES string of the molecule is CCCCC(=O)Nc1cccc(-c2nc(-c3ccccc3)no2)c1. The Morgan fingerprint density at radius 2 is 1.88 bits per heavy atom. The van der Waals surface area contributed by atoms with Crippen LogP contribution >= 0.6 is 0 Å². The maximum Gasteiger partial charge on any atom is 0.258 e. The molecule has 1 heterocycles. The Morgan fingerprint density at radius 1 is 1.08 bits per heavy atom. The van der Waals surface area contributed by atoms with Gasteiger partial charge in [-0.15, -0.1) is 0 Å². The molecule has 5 nitrogen and oxygen atoms in total. The number of carbonyl (C=O) groups excluding carboxylic acids is 1. The monoisotopic (exact) mass is 321 g/mol. The topological polar surface area (TPSA) is 68.0 Å². The molecule has 0 radical (unpaired) electrons. The molecule has 1 amide bonds. The maximum atomic E-state index is 11.8. The largest absolute Gasteiger partial charge is 0.334 e. The van der Waals surface area contributed by atoms with E-state index in [1.165, 1.54) is 0 Å². The lowest BCUT2D eigenvalue weighted by molar-refractivity contribution is -0.116. The van der Waals surface area contributed by atoms with E-state index < -0.39 is 0 Å².